The molecule has 0 radical (unpaired) electrons. The maximum atomic E-state index is 14.0. The fraction of sp³-hybridized carbons (Fsp3) is 0.250. The molecule has 0 aromatic heterocycles. The van der Waals surface area contributed by atoms with Crippen LogP contribution in [0.4, 0.5) is 14.5 Å². The predicted octanol–water partition coefficient (Wildman–Crippen LogP) is 3.12. The molecular weight excluding hydrogens is 258 g/mol. The smallest absolute Gasteiger partial charge is 0.149 e. The summed E-state index contributed by atoms with van der Waals surface area (Å²) in [7, 11) is 0. The number of piperazine rings is 1. The van der Waals surface area contributed by atoms with Crippen LogP contribution in [0.5, 0.6) is 0 Å². The molecule has 20 heavy (non-hydrogen) atoms. The molecule has 1 aliphatic rings. The molecule has 3 rings (SSSR count). The Balaban J connectivity index is 2.01. The third kappa shape index (κ3) is 2.39. The molecule has 0 spiro atoms. The zero-order valence-electron chi connectivity index (χ0n) is 11.0. The van der Waals surface area contributed by atoms with E-state index in [2.05, 4.69) is 5.32 Å². The van der Waals surface area contributed by atoms with Crippen LogP contribution in [0.15, 0.2) is 48.5 Å². The third-order valence-corrected chi connectivity index (χ3v) is 3.65. The van der Waals surface area contributed by atoms with E-state index in [4.69, 9.17) is 0 Å². The first kappa shape index (κ1) is 13.1. The zero-order valence-corrected chi connectivity index (χ0v) is 11.0. The van der Waals surface area contributed by atoms with Gasteiger partial charge in [-0.3, -0.25) is 0 Å². The second-order valence-electron chi connectivity index (χ2n) is 4.89. The second-order valence-corrected chi connectivity index (χ2v) is 4.89. The van der Waals surface area contributed by atoms with Crippen molar-refractivity contribution in [3.05, 3.63) is 65.7 Å². The summed E-state index contributed by atoms with van der Waals surface area (Å²) in [5, 5.41) is 3.29. The quantitative estimate of drug-likeness (QED) is 0.905. The summed E-state index contributed by atoms with van der Waals surface area (Å²) in [4.78, 5) is 1.82. The minimum atomic E-state index is -0.507. The van der Waals surface area contributed by atoms with Crippen molar-refractivity contribution in [1.82, 2.24) is 5.32 Å². The molecule has 2 aromatic carbocycles. The van der Waals surface area contributed by atoms with E-state index in [9.17, 15) is 8.78 Å². The van der Waals surface area contributed by atoms with Crippen molar-refractivity contribution < 1.29 is 8.78 Å². The Bertz CT molecular complexity index is 566. The van der Waals surface area contributed by atoms with E-state index in [1.165, 1.54) is 18.2 Å². The lowest BCUT2D eigenvalue weighted by Crippen LogP contribution is -2.46. The van der Waals surface area contributed by atoms with Crippen molar-refractivity contribution in [3.63, 3.8) is 0 Å². The van der Waals surface area contributed by atoms with E-state index >= 15 is 0 Å². The average molecular weight is 274 g/mol. The monoisotopic (exact) mass is 274 g/mol. The first-order chi connectivity index (χ1) is 9.77. The Morgan fingerprint density at radius 3 is 2.35 bits per heavy atom. The first-order valence-corrected chi connectivity index (χ1v) is 6.73. The summed E-state index contributed by atoms with van der Waals surface area (Å²) in [6, 6.07) is 13.8. The molecule has 1 atom stereocenters. The average Bonchev–Trinajstić information content (AvgIpc) is 2.48. The van der Waals surface area contributed by atoms with Gasteiger partial charge in [0.2, 0.25) is 0 Å². The van der Waals surface area contributed by atoms with Gasteiger partial charge in [-0.05, 0) is 17.7 Å². The Morgan fingerprint density at radius 2 is 1.65 bits per heavy atom. The van der Waals surface area contributed by atoms with Gasteiger partial charge in [0.05, 0.1) is 6.04 Å². The fourth-order valence-corrected chi connectivity index (χ4v) is 2.71. The van der Waals surface area contributed by atoms with Crippen LogP contribution in [-0.4, -0.2) is 19.6 Å². The molecule has 2 aromatic rings. The number of para-hydroxylation sites is 1. The lowest BCUT2D eigenvalue weighted by Gasteiger charge is -2.38. The normalized spacial score (nSPS) is 19.1. The fourth-order valence-electron chi connectivity index (χ4n) is 2.71. The van der Waals surface area contributed by atoms with Crippen molar-refractivity contribution in [2.24, 2.45) is 0 Å². The molecule has 1 fully saturated rings. The minimum Gasteiger partial charge on any atom is -0.357 e. The largest absolute Gasteiger partial charge is 0.357 e. The van der Waals surface area contributed by atoms with Crippen LogP contribution in [0.2, 0.25) is 0 Å². The second kappa shape index (κ2) is 5.59. The topological polar surface area (TPSA) is 15.3 Å². The van der Waals surface area contributed by atoms with E-state index in [0.29, 0.717) is 13.1 Å². The highest BCUT2D eigenvalue weighted by Gasteiger charge is 2.27. The molecule has 1 aliphatic heterocycles. The van der Waals surface area contributed by atoms with Crippen LogP contribution in [0, 0.1) is 11.6 Å². The van der Waals surface area contributed by atoms with Gasteiger partial charge in [-0.1, -0.05) is 36.4 Å². The highest BCUT2D eigenvalue weighted by molar-refractivity contribution is 5.52. The third-order valence-electron chi connectivity index (χ3n) is 3.65. The Hall–Kier alpha value is -1.94. The van der Waals surface area contributed by atoms with Gasteiger partial charge in [-0.25, -0.2) is 8.78 Å². The van der Waals surface area contributed by atoms with Crippen LogP contribution >= 0.6 is 0 Å². The van der Waals surface area contributed by atoms with Crippen LogP contribution in [-0.2, 0) is 0 Å². The van der Waals surface area contributed by atoms with Crippen molar-refractivity contribution in [2.75, 3.05) is 24.5 Å². The van der Waals surface area contributed by atoms with Crippen molar-refractivity contribution in [2.45, 2.75) is 6.04 Å². The summed E-state index contributed by atoms with van der Waals surface area (Å²) in [5.74, 6) is -1.01. The Kier molecular flexibility index (Phi) is 3.65. The summed E-state index contributed by atoms with van der Waals surface area (Å²) in [5.41, 5.74) is 1.13. The van der Waals surface area contributed by atoms with Crippen molar-refractivity contribution >= 4 is 5.69 Å². The van der Waals surface area contributed by atoms with E-state index in [1.54, 1.807) is 0 Å². The van der Waals surface area contributed by atoms with Gasteiger partial charge >= 0.3 is 0 Å². The molecule has 4 heteroatoms. The van der Waals surface area contributed by atoms with Crippen LogP contribution < -0.4 is 10.2 Å². The number of anilines is 1. The lowest BCUT2D eigenvalue weighted by molar-refractivity contribution is 0.468. The maximum absolute atomic E-state index is 14.0. The van der Waals surface area contributed by atoms with Gasteiger partial charge in [0.25, 0.3) is 0 Å². The summed E-state index contributed by atoms with van der Waals surface area (Å²) in [6.45, 7) is 1.98. The Morgan fingerprint density at radius 1 is 0.950 bits per heavy atom. The van der Waals surface area contributed by atoms with Crippen molar-refractivity contribution in [3.8, 4) is 0 Å². The molecule has 0 aliphatic carbocycles. The van der Waals surface area contributed by atoms with Crippen LogP contribution in [0.25, 0.3) is 0 Å². The molecule has 0 amide bonds. The Labute approximate surface area is 117 Å². The summed E-state index contributed by atoms with van der Waals surface area (Å²) >= 11 is 0. The van der Waals surface area contributed by atoms with E-state index < -0.39 is 11.6 Å². The van der Waals surface area contributed by atoms with E-state index in [1.807, 2.05) is 35.2 Å². The summed E-state index contributed by atoms with van der Waals surface area (Å²) in [6.07, 6.45) is 0. The van der Waals surface area contributed by atoms with Gasteiger partial charge in [0.15, 0.2) is 0 Å². The van der Waals surface area contributed by atoms with Gasteiger partial charge in [-0.15, -0.1) is 0 Å². The molecule has 104 valence electrons. The van der Waals surface area contributed by atoms with E-state index in [0.717, 1.165) is 12.1 Å². The highest BCUT2D eigenvalue weighted by Crippen LogP contribution is 2.32. The number of hydrogen-bond donors (Lipinski definition) is 1. The number of benzene rings is 2. The van der Waals surface area contributed by atoms with E-state index in [-0.39, 0.29) is 11.7 Å². The number of hydrogen-bond acceptors (Lipinski definition) is 2. The molecule has 1 saturated heterocycles. The first-order valence-electron chi connectivity index (χ1n) is 6.73. The number of nitrogens with one attached hydrogen (secondary N) is 1. The summed E-state index contributed by atoms with van der Waals surface area (Å²) < 4.78 is 28.0. The predicted molar refractivity (Wildman–Crippen MR) is 75.8 cm³/mol. The van der Waals surface area contributed by atoms with Gasteiger partial charge < -0.3 is 10.2 Å². The van der Waals surface area contributed by atoms with Crippen molar-refractivity contribution in [1.29, 1.82) is 0 Å². The molecule has 1 N–H and O–H groups in total. The molecule has 1 heterocycles. The number of rotatable bonds is 2. The van der Waals surface area contributed by atoms with Gasteiger partial charge in [-0.2, -0.15) is 0 Å². The van der Waals surface area contributed by atoms with Crippen LogP contribution in [0.1, 0.15) is 11.6 Å². The highest BCUT2D eigenvalue weighted by atomic mass is 19.1. The molecule has 2 nitrogen and oxygen atoms in total. The number of halogens is 2. The molecular formula is C16H16F2N2. The molecule has 0 bridgehead atoms. The number of nitrogens with zero attached hydrogens (tertiary/aromatic N) is 1. The SMILES string of the molecule is Fc1cccc(F)c1N1CCNCC1c1ccccc1. The van der Waals surface area contributed by atoms with Crippen LogP contribution in [0.3, 0.4) is 0 Å². The molecule has 1 unspecified atom stereocenters. The standard InChI is InChI=1S/C16H16F2N2/c17-13-7-4-8-14(18)16(13)20-10-9-19-11-15(20)12-5-2-1-3-6-12/h1-8,15,19H,9-11H2. The lowest BCUT2D eigenvalue weighted by atomic mass is 10.0. The minimum absolute atomic E-state index is 0.0589. The zero-order chi connectivity index (χ0) is 13.9. The maximum Gasteiger partial charge on any atom is 0.149 e. The van der Waals surface area contributed by atoms with Gasteiger partial charge in [0, 0.05) is 19.6 Å². The molecule has 0 saturated carbocycles. The van der Waals surface area contributed by atoms with Gasteiger partial charge in [0.1, 0.15) is 17.3 Å².